The number of aryl methyl sites for hydroxylation is 2. The fraction of sp³-hybridized carbons (Fsp3) is 0.429. The summed E-state index contributed by atoms with van der Waals surface area (Å²) in [5.74, 6) is 0.483. The predicted molar refractivity (Wildman–Crippen MR) is 116 cm³/mol. The number of anilines is 3. The number of alkyl halides is 3. The standard InChI is InChI=1S/C21H25ClF3N5/c1-5-10-30(11-6-2)15-9-7-8-14-18(15)29(4)20(26-14)28-17-13(3)12-16(21(23,24)25)27-19(17)22/h7-9,12H,5-6,10-11H2,1-4H3,(H,26,28). The smallest absolute Gasteiger partial charge is 0.370 e. The molecule has 0 spiro atoms. The third-order valence-corrected chi connectivity index (χ3v) is 5.17. The van der Waals surface area contributed by atoms with E-state index in [1.165, 1.54) is 0 Å². The molecule has 0 aliphatic carbocycles. The Morgan fingerprint density at radius 1 is 1.13 bits per heavy atom. The van der Waals surface area contributed by atoms with Gasteiger partial charge in [-0.1, -0.05) is 31.5 Å². The van der Waals surface area contributed by atoms with E-state index in [9.17, 15) is 13.2 Å². The molecule has 0 saturated carbocycles. The van der Waals surface area contributed by atoms with E-state index in [1.807, 2.05) is 23.7 Å². The average molecular weight is 440 g/mol. The third-order valence-electron chi connectivity index (χ3n) is 4.90. The number of imidazole rings is 1. The van der Waals surface area contributed by atoms with Gasteiger partial charge in [0.1, 0.15) is 5.69 Å². The molecule has 9 heteroatoms. The minimum atomic E-state index is -4.55. The molecule has 2 heterocycles. The summed E-state index contributed by atoms with van der Waals surface area (Å²) in [5.41, 5.74) is 2.46. The number of aromatic nitrogens is 3. The normalized spacial score (nSPS) is 11.9. The second kappa shape index (κ2) is 8.71. The number of nitrogens with zero attached hydrogens (tertiary/aromatic N) is 4. The average Bonchev–Trinajstić information content (AvgIpc) is 2.99. The number of rotatable bonds is 7. The van der Waals surface area contributed by atoms with Crippen molar-refractivity contribution in [2.75, 3.05) is 23.3 Å². The molecule has 0 aliphatic heterocycles. The predicted octanol–water partition coefficient (Wildman–Crippen LogP) is 6.32. The number of halogens is 4. The largest absolute Gasteiger partial charge is 0.433 e. The first-order chi connectivity index (χ1) is 14.2. The lowest BCUT2D eigenvalue weighted by Crippen LogP contribution is -2.25. The van der Waals surface area contributed by atoms with Crippen LogP contribution < -0.4 is 10.2 Å². The number of nitrogens with one attached hydrogen (secondary N) is 1. The number of para-hydroxylation sites is 1. The van der Waals surface area contributed by atoms with Gasteiger partial charge in [0.25, 0.3) is 0 Å². The van der Waals surface area contributed by atoms with E-state index in [0.717, 1.165) is 48.7 Å². The Kier molecular flexibility index (Phi) is 6.45. The van der Waals surface area contributed by atoms with Crippen molar-refractivity contribution < 1.29 is 13.2 Å². The number of pyridine rings is 1. The molecule has 0 atom stereocenters. The summed E-state index contributed by atoms with van der Waals surface area (Å²) in [6.45, 7) is 7.69. The zero-order valence-corrected chi connectivity index (χ0v) is 18.2. The zero-order valence-electron chi connectivity index (χ0n) is 17.4. The van der Waals surface area contributed by atoms with Crippen molar-refractivity contribution in [3.8, 4) is 0 Å². The Balaban J connectivity index is 2.05. The van der Waals surface area contributed by atoms with Gasteiger partial charge >= 0.3 is 6.18 Å². The fourth-order valence-electron chi connectivity index (χ4n) is 3.55. The summed E-state index contributed by atoms with van der Waals surface area (Å²) in [6, 6.07) is 6.92. The van der Waals surface area contributed by atoms with Crippen LogP contribution in [0.5, 0.6) is 0 Å². The lowest BCUT2D eigenvalue weighted by molar-refractivity contribution is -0.141. The molecule has 5 nitrogen and oxygen atoms in total. The van der Waals surface area contributed by atoms with Gasteiger partial charge in [-0.15, -0.1) is 0 Å². The Morgan fingerprint density at radius 3 is 2.37 bits per heavy atom. The van der Waals surface area contributed by atoms with Crippen LogP contribution in [0.1, 0.15) is 37.9 Å². The van der Waals surface area contributed by atoms with E-state index >= 15 is 0 Å². The Labute approximate surface area is 178 Å². The highest BCUT2D eigenvalue weighted by Gasteiger charge is 2.33. The van der Waals surface area contributed by atoms with E-state index in [2.05, 4.69) is 40.1 Å². The second-order valence-electron chi connectivity index (χ2n) is 7.24. The summed E-state index contributed by atoms with van der Waals surface area (Å²) in [6.07, 6.45) is -2.52. The molecule has 0 saturated heterocycles. The van der Waals surface area contributed by atoms with Crippen LogP contribution in [-0.4, -0.2) is 27.6 Å². The molecule has 0 radical (unpaired) electrons. The molecule has 0 unspecified atom stereocenters. The van der Waals surface area contributed by atoms with Gasteiger partial charge in [0.05, 0.1) is 22.4 Å². The molecule has 30 heavy (non-hydrogen) atoms. The number of benzene rings is 1. The molecular weight excluding hydrogens is 415 g/mol. The lowest BCUT2D eigenvalue weighted by Gasteiger charge is -2.25. The van der Waals surface area contributed by atoms with Crippen molar-refractivity contribution in [1.29, 1.82) is 0 Å². The molecule has 2 aromatic heterocycles. The topological polar surface area (TPSA) is 46.0 Å². The molecule has 0 bridgehead atoms. The van der Waals surface area contributed by atoms with Crippen LogP contribution in [0, 0.1) is 6.92 Å². The maximum Gasteiger partial charge on any atom is 0.433 e. The summed E-state index contributed by atoms with van der Waals surface area (Å²) >= 11 is 6.09. The SMILES string of the molecule is CCCN(CCC)c1cccc2nc(Nc3c(C)cc(C(F)(F)F)nc3Cl)n(C)c12. The van der Waals surface area contributed by atoms with Gasteiger partial charge in [0.2, 0.25) is 5.95 Å². The minimum Gasteiger partial charge on any atom is -0.370 e. The van der Waals surface area contributed by atoms with Crippen molar-refractivity contribution in [2.45, 2.75) is 39.8 Å². The van der Waals surface area contributed by atoms with Gasteiger partial charge in [-0.2, -0.15) is 13.2 Å². The zero-order chi connectivity index (χ0) is 22.1. The molecule has 0 aliphatic rings. The van der Waals surface area contributed by atoms with Crippen LogP contribution >= 0.6 is 11.6 Å². The van der Waals surface area contributed by atoms with Gasteiger partial charge in [0.15, 0.2) is 5.15 Å². The Hall–Kier alpha value is -2.48. The van der Waals surface area contributed by atoms with Gasteiger partial charge in [-0.05, 0) is 43.5 Å². The highest BCUT2D eigenvalue weighted by Crippen LogP contribution is 2.36. The Morgan fingerprint density at radius 2 is 1.80 bits per heavy atom. The number of hydrogen-bond acceptors (Lipinski definition) is 4. The van der Waals surface area contributed by atoms with Crippen LogP contribution in [0.25, 0.3) is 11.0 Å². The van der Waals surface area contributed by atoms with Crippen molar-refractivity contribution in [1.82, 2.24) is 14.5 Å². The summed E-state index contributed by atoms with van der Waals surface area (Å²) in [5, 5.41) is 2.84. The summed E-state index contributed by atoms with van der Waals surface area (Å²) in [7, 11) is 1.87. The van der Waals surface area contributed by atoms with Gasteiger partial charge in [-0.25, -0.2) is 9.97 Å². The van der Waals surface area contributed by atoms with Gasteiger partial charge < -0.3 is 14.8 Å². The molecule has 1 aromatic carbocycles. The molecule has 1 N–H and O–H groups in total. The van der Waals surface area contributed by atoms with E-state index in [-0.39, 0.29) is 5.15 Å². The molecular formula is C21H25ClF3N5. The van der Waals surface area contributed by atoms with Crippen LogP contribution in [0.4, 0.5) is 30.5 Å². The van der Waals surface area contributed by atoms with Crippen molar-refractivity contribution >= 4 is 40.0 Å². The molecule has 3 rings (SSSR count). The third kappa shape index (κ3) is 4.33. The van der Waals surface area contributed by atoms with Crippen LogP contribution in [0.2, 0.25) is 5.15 Å². The quantitative estimate of drug-likeness (QED) is 0.437. The molecule has 0 amide bonds. The van der Waals surface area contributed by atoms with Crippen molar-refractivity contribution in [2.24, 2.45) is 7.05 Å². The fourth-order valence-corrected chi connectivity index (χ4v) is 3.84. The van der Waals surface area contributed by atoms with E-state index < -0.39 is 11.9 Å². The van der Waals surface area contributed by atoms with Crippen LogP contribution in [-0.2, 0) is 13.2 Å². The number of hydrogen-bond donors (Lipinski definition) is 1. The maximum atomic E-state index is 13.0. The highest BCUT2D eigenvalue weighted by molar-refractivity contribution is 6.32. The lowest BCUT2D eigenvalue weighted by atomic mass is 10.2. The molecule has 0 fully saturated rings. The molecule has 162 valence electrons. The molecule has 3 aromatic rings. The Bertz CT molecular complexity index is 1020. The van der Waals surface area contributed by atoms with E-state index in [1.54, 1.807) is 6.92 Å². The minimum absolute atomic E-state index is 0.242. The van der Waals surface area contributed by atoms with Crippen molar-refractivity contribution in [3.05, 3.63) is 40.7 Å². The van der Waals surface area contributed by atoms with E-state index in [0.29, 0.717) is 17.2 Å². The monoisotopic (exact) mass is 439 g/mol. The highest BCUT2D eigenvalue weighted by atomic mass is 35.5. The van der Waals surface area contributed by atoms with Gasteiger partial charge in [-0.3, -0.25) is 0 Å². The van der Waals surface area contributed by atoms with Gasteiger partial charge in [0, 0.05) is 20.1 Å². The first kappa shape index (κ1) is 22.2. The van der Waals surface area contributed by atoms with Crippen molar-refractivity contribution in [3.63, 3.8) is 0 Å². The van der Waals surface area contributed by atoms with E-state index in [4.69, 9.17) is 11.6 Å². The second-order valence-corrected chi connectivity index (χ2v) is 7.60. The van der Waals surface area contributed by atoms with Crippen LogP contribution in [0.3, 0.4) is 0 Å². The maximum absolute atomic E-state index is 13.0. The first-order valence-electron chi connectivity index (χ1n) is 9.89. The summed E-state index contributed by atoms with van der Waals surface area (Å²) in [4.78, 5) is 10.5. The first-order valence-corrected chi connectivity index (χ1v) is 10.3. The number of fused-ring (bicyclic) bond motifs is 1. The van der Waals surface area contributed by atoms with Crippen LogP contribution in [0.15, 0.2) is 24.3 Å². The summed E-state index contributed by atoms with van der Waals surface area (Å²) < 4.78 is 40.9.